The Balaban J connectivity index is 1.67. The number of H-pyrrole nitrogens is 1. The Labute approximate surface area is 169 Å². The summed E-state index contributed by atoms with van der Waals surface area (Å²) in [5, 5.41) is 2.70. The van der Waals surface area contributed by atoms with Crippen molar-refractivity contribution in [1.29, 1.82) is 0 Å². The summed E-state index contributed by atoms with van der Waals surface area (Å²) in [6.07, 6.45) is 0.321. The third-order valence-corrected chi connectivity index (χ3v) is 6.56. The molecule has 0 saturated carbocycles. The van der Waals surface area contributed by atoms with E-state index in [4.69, 9.17) is 4.74 Å². The summed E-state index contributed by atoms with van der Waals surface area (Å²) in [4.78, 5) is 31.3. The van der Waals surface area contributed by atoms with E-state index in [9.17, 15) is 18.0 Å². The first-order valence-electron chi connectivity index (χ1n) is 9.31. The van der Waals surface area contributed by atoms with Crippen LogP contribution in [-0.4, -0.2) is 54.9 Å². The van der Waals surface area contributed by atoms with E-state index in [1.165, 1.54) is 16.4 Å². The van der Waals surface area contributed by atoms with Crippen LogP contribution in [0.4, 0.5) is 5.69 Å². The Morgan fingerprint density at radius 3 is 2.69 bits per heavy atom. The Morgan fingerprint density at radius 2 is 2.00 bits per heavy atom. The smallest absolute Gasteiger partial charge is 0.254 e. The lowest BCUT2D eigenvalue weighted by Gasteiger charge is -2.26. The summed E-state index contributed by atoms with van der Waals surface area (Å²) in [5.41, 5.74) is 1.20. The first kappa shape index (κ1) is 21.2. The highest BCUT2D eigenvalue weighted by atomic mass is 32.2. The van der Waals surface area contributed by atoms with Gasteiger partial charge in [0.1, 0.15) is 5.82 Å². The lowest BCUT2D eigenvalue weighted by Crippen LogP contribution is -2.40. The van der Waals surface area contributed by atoms with Gasteiger partial charge in [-0.2, -0.15) is 4.31 Å². The van der Waals surface area contributed by atoms with Crippen molar-refractivity contribution < 1.29 is 17.9 Å². The topological polar surface area (TPSA) is 121 Å². The van der Waals surface area contributed by atoms with E-state index < -0.39 is 10.0 Å². The molecule has 1 aromatic heterocycles. The number of aromatic nitrogens is 2. The molecule has 0 radical (unpaired) electrons. The summed E-state index contributed by atoms with van der Waals surface area (Å²) in [5.74, 6) is 0.212. The fourth-order valence-corrected chi connectivity index (χ4v) is 4.63. The highest BCUT2D eigenvalue weighted by Crippen LogP contribution is 2.20. The van der Waals surface area contributed by atoms with Gasteiger partial charge in [-0.25, -0.2) is 13.4 Å². The number of aryl methyl sites for hydroxylation is 2. The second-order valence-electron chi connectivity index (χ2n) is 6.81. The zero-order valence-electron chi connectivity index (χ0n) is 16.4. The Bertz CT molecular complexity index is 1060. The molecular formula is C19H24N4O5S. The van der Waals surface area contributed by atoms with Crippen LogP contribution in [-0.2, 0) is 26.0 Å². The van der Waals surface area contributed by atoms with Gasteiger partial charge in [0.2, 0.25) is 15.9 Å². The Hall–Kier alpha value is -2.56. The summed E-state index contributed by atoms with van der Waals surface area (Å²) in [6, 6.07) is 6.15. The number of nitrogens with zero attached hydrogens (tertiary/aromatic N) is 2. The van der Waals surface area contributed by atoms with Crippen molar-refractivity contribution in [1.82, 2.24) is 14.3 Å². The number of hydrogen-bond donors (Lipinski definition) is 2. The molecule has 3 rings (SSSR count). The molecule has 156 valence electrons. The standard InChI is InChI=1S/C19H24N4O5S/c1-13-17(19(25)21-14(2)20-13)6-7-18(24)22-15-4-3-5-16(12-15)29(26,27)23-8-10-28-11-9-23/h3-5,12H,6-11H2,1-2H3,(H,22,24)(H,20,21,25). The van der Waals surface area contributed by atoms with Gasteiger partial charge in [-0.3, -0.25) is 9.59 Å². The highest BCUT2D eigenvalue weighted by Gasteiger charge is 2.26. The minimum atomic E-state index is -3.64. The number of rotatable bonds is 6. The molecule has 2 aromatic rings. The number of aromatic amines is 1. The van der Waals surface area contributed by atoms with Gasteiger partial charge in [-0.1, -0.05) is 6.07 Å². The number of sulfonamides is 1. The van der Waals surface area contributed by atoms with Gasteiger partial charge in [0, 0.05) is 36.5 Å². The third-order valence-electron chi connectivity index (χ3n) is 4.67. The molecule has 2 heterocycles. The van der Waals surface area contributed by atoms with Crippen molar-refractivity contribution in [2.24, 2.45) is 0 Å². The largest absolute Gasteiger partial charge is 0.379 e. The molecule has 29 heavy (non-hydrogen) atoms. The average Bonchev–Trinajstić information content (AvgIpc) is 2.68. The molecule has 0 unspecified atom stereocenters. The van der Waals surface area contributed by atoms with E-state index in [1.54, 1.807) is 26.0 Å². The van der Waals surface area contributed by atoms with Gasteiger partial charge in [0.25, 0.3) is 5.56 Å². The first-order valence-corrected chi connectivity index (χ1v) is 10.8. The van der Waals surface area contributed by atoms with Crippen LogP contribution in [0.5, 0.6) is 0 Å². The molecule has 0 aliphatic carbocycles. The number of nitrogens with one attached hydrogen (secondary N) is 2. The number of amides is 1. The fraction of sp³-hybridized carbons (Fsp3) is 0.421. The fourth-order valence-electron chi connectivity index (χ4n) is 3.18. The van der Waals surface area contributed by atoms with Crippen LogP contribution in [0.1, 0.15) is 23.5 Å². The molecule has 10 heteroatoms. The number of hydrogen-bond acceptors (Lipinski definition) is 6. The van der Waals surface area contributed by atoms with Crippen molar-refractivity contribution in [2.45, 2.75) is 31.6 Å². The average molecular weight is 420 g/mol. The van der Waals surface area contributed by atoms with Crippen molar-refractivity contribution in [3.05, 3.63) is 51.7 Å². The van der Waals surface area contributed by atoms with Gasteiger partial charge in [-0.05, 0) is 38.5 Å². The Kier molecular flexibility index (Phi) is 6.46. The molecular weight excluding hydrogens is 396 g/mol. The van der Waals surface area contributed by atoms with Crippen molar-refractivity contribution >= 4 is 21.6 Å². The molecule has 1 aliphatic rings. The van der Waals surface area contributed by atoms with Crippen LogP contribution in [0.3, 0.4) is 0 Å². The van der Waals surface area contributed by atoms with E-state index in [0.29, 0.717) is 49.1 Å². The lowest BCUT2D eigenvalue weighted by atomic mass is 10.1. The molecule has 1 fully saturated rings. The zero-order valence-corrected chi connectivity index (χ0v) is 17.2. The van der Waals surface area contributed by atoms with Gasteiger partial charge in [0.15, 0.2) is 0 Å². The molecule has 1 amide bonds. The van der Waals surface area contributed by atoms with Crippen LogP contribution < -0.4 is 10.9 Å². The Morgan fingerprint density at radius 1 is 1.28 bits per heavy atom. The predicted molar refractivity (Wildman–Crippen MR) is 107 cm³/mol. The number of carbonyl (C=O) groups excluding carboxylic acids is 1. The maximum Gasteiger partial charge on any atom is 0.254 e. The SMILES string of the molecule is Cc1nc(C)c(CCC(=O)Nc2cccc(S(=O)(=O)N3CCOCC3)c2)c(=O)[nH]1. The highest BCUT2D eigenvalue weighted by molar-refractivity contribution is 7.89. The van der Waals surface area contributed by atoms with E-state index >= 15 is 0 Å². The van der Waals surface area contributed by atoms with Crippen molar-refractivity contribution in [3.63, 3.8) is 0 Å². The number of benzene rings is 1. The maximum atomic E-state index is 12.8. The number of carbonyl (C=O) groups is 1. The van der Waals surface area contributed by atoms with Crippen LogP contribution in [0, 0.1) is 13.8 Å². The summed E-state index contributed by atoms with van der Waals surface area (Å²) >= 11 is 0. The van der Waals surface area contributed by atoms with Gasteiger partial charge < -0.3 is 15.0 Å². The van der Waals surface area contributed by atoms with Crippen LogP contribution in [0.15, 0.2) is 34.0 Å². The summed E-state index contributed by atoms with van der Waals surface area (Å²) < 4.78 is 32.1. The normalized spacial score (nSPS) is 15.2. The number of ether oxygens (including phenoxy) is 1. The molecule has 0 bridgehead atoms. The second-order valence-corrected chi connectivity index (χ2v) is 8.75. The molecule has 9 nitrogen and oxygen atoms in total. The molecule has 0 atom stereocenters. The maximum absolute atomic E-state index is 12.8. The van der Waals surface area contributed by atoms with Crippen LogP contribution in [0.25, 0.3) is 0 Å². The zero-order chi connectivity index (χ0) is 21.0. The van der Waals surface area contributed by atoms with E-state index in [-0.39, 0.29) is 29.2 Å². The molecule has 1 aliphatic heterocycles. The molecule has 2 N–H and O–H groups in total. The van der Waals surface area contributed by atoms with Crippen molar-refractivity contribution in [3.8, 4) is 0 Å². The van der Waals surface area contributed by atoms with Gasteiger partial charge >= 0.3 is 0 Å². The summed E-state index contributed by atoms with van der Waals surface area (Å²) in [6.45, 7) is 4.76. The first-order chi connectivity index (χ1) is 13.8. The predicted octanol–water partition coefficient (Wildman–Crippen LogP) is 0.979. The molecule has 1 saturated heterocycles. The van der Waals surface area contributed by atoms with Crippen molar-refractivity contribution in [2.75, 3.05) is 31.6 Å². The van der Waals surface area contributed by atoms with Crippen LogP contribution in [0.2, 0.25) is 0 Å². The van der Waals surface area contributed by atoms with E-state index in [0.717, 1.165) is 0 Å². The molecule has 0 spiro atoms. The molecule has 1 aromatic carbocycles. The lowest BCUT2D eigenvalue weighted by molar-refractivity contribution is -0.116. The number of morpholine rings is 1. The quantitative estimate of drug-likeness (QED) is 0.718. The minimum Gasteiger partial charge on any atom is -0.379 e. The number of anilines is 1. The third kappa shape index (κ3) is 5.08. The van der Waals surface area contributed by atoms with E-state index in [2.05, 4.69) is 15.3 Å². The second kappa shape index (κ2) is 8.85. The monoisotopic (exact) mass is 420 g/mol. The van der Waals surface area contributed by atoms with Gasteiger partial charge in [0.05, 0.1) is 18.1 Å². The minimum absolute atomic E-state index is 0.0785. The van der Waals surface area contributed by atoms with E-state index in [1.807, 2.05) is 0 Å². The summed E-state index contributed by atoms with van der Waals surface area (Å²) in [7, 11) is -3.64. The van der Waals surface area contributed by atoms with Gasteiger partial charge in [-0.15, -0.1) is 0 Å². The van der Waals surface area contributed by atoms with Crippen LogP contribution >= 0.6 is 0 Å².